The Morgan fingerprint density at radius 2 is 1.45 bits per heavy atom. The maximum atomic E-state index is 13.1. The van der Waals surface area contributed by atoms with Crippen molar-refractivity contribution in [1.29, 1.82) is 0 Å². The molecule has 3 aromatic rings. The summed E-state index contributed by atoms with van der Waals surface area (Å²) in [6, 6.07) is 15.6. The fraction of sp³-hybridized carbons (Fsp3) is 0.273. The van der Waals surface area contributed by atoms with E-state index in [0.717, 1.165) is 57.8 Å². The van der Waals surface area contributed by atoms with Crippen molar-refractivity contribution in [2.75, 3.05) is 38.8 Å². The van der Waals surface area contributed by atoms with Crippen molar-refractivity contribution in [2.24, 2.45) is 0 Å². The molecule has 5 nitrogen and oxygen atoms in total. The predicted molar refractivity (Wildman–Crippen MR) is 119 cm³/mol. The van der Waals surface area contributed by atoms with Crippen LogP contribution in [0.4, 0.5) is 0 Å². The highest BCUT2D eigenvalue weighted by Gasteiger charge is 2.24. The highest BCUT2D eigenvalue weighted by Crippen LogP contribution is 2.38. The zero-order chi connectivity index (χ0) is 20.2. The molecule has 1 amide bonds. The molecule has 29 heavy (non-hydrogen) atoms. The number of thioether (sulfide) groups is 1. The van der Waals surface area contributed by atoms with E-state index < -0.39 is 0 Å². The van der Waals surface area contributed by atoms with Gasteiger partial charge in [0.05, 0.1) is 24.8 Å². The first-order valence-corrected chi connectivity index (χ1v) is 11.3. The molecule has 0 atom stereocenters. The Morgan fingerprint density at radius 3 is 2.00 bits per heavy atom. The zero-order valence-corrected chi connectivity index (χ0v) is 18.0. The largest absolute Gasteiger partial charge is 0.497 e. The van der Waals surface area contributed by atoms with Gasteiger partial charge in [-0.25, -0.2) is 4.98 Å². The third-order valence-electron chi connectivity index (χ3n) is 4.82. The van der Waals surface area contributed by atoms with Crippen LogP contribution in [0, 0.1) is 0 Å². The summed E-state index contributed by atoms with van der Waals surface area (Å²) in [7, 11) is 3.30. The van der Waals surface area contributed by atoms with E-state index in [-0.39, 0.29) is 5.91 Å². The SMILES string of the molecule is COc1ccc(-c2nc(C(=O)N3CCSCC3)sc2-c2ccc(OC)cc2)cc1. The number of hydrogen-bond donors (Lipinski definition) is 0. The van der Waals surface area contributed by atoms with Gasteiger partial charge in [-0.05, 0) is 54.1 Å². The number of aromatic nitrogens is 1. The van der Waals surface area contributed by atoms with Crippen LogP contribution in [0.25, 0.3) is 21.7 Å². The van der Waals surface area contributed by atoms with E-state index in [4.69, 9.17) is 14.5 Å². The number of ether oxygens (including phenoxy) is 2. The van der Waals surface area contributed by atoms with Gasteiger partial charge in [0.1, 0.15) is 11.5 Å². The second-order valence-electron chi connectivity index (χ2n) is 6.56. The first-order valence-electron chi connectivity index (χ1n) is 9.36. The van der Waals surface area contributed by atoms with E-state index in [9.17, 15) is 4.79 Å². The molecule has 0 unspecified atom stereocenters. The number of benzene rings is 2. The summed E-state index contributed by atoms with van der Waals surface area (Å²) in [6.45, 7) is 1.55. The van der Waals surface area contributed by atoms with Crippen molar-refractivity contribution >= 4 is 29.0 Å². The maximum absolute atomic E-state index is 13.1. The summed E-state index contributed by atoms with van der Waals surface area (Å²) in [6.07, 6.45) is 0. The van der Waals surface area contributed by atoms with Gasteiger partial charge in [-0.1, -0.05) is 0 Å². The summed E-state index contributed by atoms with van der Waals surface area (Å²) in [5.41, 5.74) is 2.79. The molecule has 7 heteroatoms. The molecule has 1 fully saturated rings. The Morgan fingerprint density at radius 1 is 0.897 bits per heavy atom. The van der Waals surface area contributed by atoms with Gasteiger partial charge >= 0.3 is 0 Å². The average molecular weight is 427 g/mol. The highest BCUT2D eigenvalue weighted by molar-refractivity contribution is 7.99. The van der Waals surface area contributed by atoms with Crippen LogP contribution in [-0.2, 0) is 0 Å². The maximum Gasteiger partial charge on any atom is 0.282 e. The van der Waals surface area contributed by atoms with Crippen LogP contribution in [0.15, 0.2) is 48.5 Å². The van der Waals surface area contributed by atoms with Gasteiger partial charge in [-0.15, -0.1) is 11.3 Å². The fourth-order valence-electron chi connectivity index (χ4n) is 3.20. The molecule has 2 aromatic carbocycles. The lowest BCUT2D eigenvalue weighted by molar-refractivity contribution is 0.0772. The molecular formula is C22H22N2O3S2. The molecule has 0 radical (unpaired) electrons. The summed E-state index contributed by atoms with van der Waals surface area (Å²) < 4.78 is 10.6. The van der Waals surface area contributed by atoms with E-state index in [1.54, 1.807) is 14.2 Å². The second-order valence-corrected chi connectivity index (χ2v) is 8.78. The Kier molecular flexibility index (Phi) is 6.06. The molecule has 0 N–H and O–H groups in total. The van der Waals surface area contributed by atoms with Crippen LogP contribution in [-0.4, -0.2) is 54.6 Å². The molecule has 1 saturated heterocycles. The summed E-state index contributed by atoms with van der Waals surface area (Å²) in [4.78, 5) is 20.7. The van der Waals surface area contributed by atoms with Crippen molar-refractivity contribution in [2.45, 2.75) is 0 Å². The van der Waals surface area contributed by atoms with Crippen LogP contribution in [0.5, 0.6) is 11.5 Å². The Labute approximate surface area is 178 Å². The van der Waals surface area contributed by atoms with Crippen molar-refractivity contribution in [3.63, 3.8) is 0 Å². The number of hydrogen-bond acceptors (Lipinski definition) is 6. The van der Waals surface area contributed by atoms with E-state index in [0.29, 0.717) is 5.01 Å². The minimum Gasteiger partial charge on any atom is -0.497 e. The van der Waals surface area contributed by atoms with Crippen LogP contribution in [0.1, 0.15) is 9.80 Å². The van der Waals surface area contributed by atoms with Gasteiger partial charge in [0, 0.05) is 30.2 Å². The third kappa shape index (κ3) is 4.26. The zero-order valence-electron chi connectivity index (χ0n) is 16.4. The van der Waals surface area contributed by atoms with Gasteiger partial charge in [-0.3, -0.25) is 4.79 Å². The Hall–Kier alpha value is -2.51. The lowest BCUT2D eigenvalue weighted by atomic mass is 10.1. The lowest BCUT2D eigenvalue weighted by Crippen LogP contribution is -2.37. The molecule has 0 aliphatic carbocycles. The number of carbonyl (C=O) groups is 1. The van der Waals surface area contributed by atoms with E-state index in [1.807, 2.05) is 65.2 Å². The van der Waals surface area contributed by atoms with Gasteiger partial charge in [0.2, 0.25) is 0 Å². The van der Waals surface area contributed by atoms with Gasteiger partial charge in [-0.2, -0.15) is 11.8 Å². The number of carbonyl (C=O) groups excluding carboxylic acids is 1. The smallest absolute Gasteiger partial charge is 0.282 e. The molecule has 1 aromatic heterocycles. The molecule has 1 aliphatic rings. The summed E-state index contributed by atoms with van der Waals surface area (Å²) in [5.74, 6) is 3.56. The van der Waals surface area contributed by atoms with Gasteiger partial charge < -0.3 is 14.4 Å². The summed E-state index contributed by atoms with van der Waals surface area (Å²) >= 11 is 3.34. The van der Waals surface area contributed by atoms with Crippen LogP contribution < -0.4 is 9.47 Å². The minimum absolute atomic E-state index is 0.0184. The highest BCUT2D eigenvalue weighted by atomic mass is 32.2. The van der Waals surface area contributed by atoms with Crippen LogP contribution in [0.3, 0.4) is 0 Å². The standard InChI is InChI=1S/C22H22N2O3S2/c1-26-17-7-3-15(4-8-17)19-20(16-5-9-18(27-2)10-6-16)29-21(23-19)22(25)24-11-13-28-14-12-24/h3-10H,11-14H2,1-2H3. The number of nitrogens with zero attached hydrogens (tertiary/aromatic N) is 2. The molecule has 4 rings (SSSR count). The van der Waals surface area contributed by atoms with Crippen molar-refractivity contribution in [3.05, 3.63) is 53.5 Å². The van der Waals surface area contributed by atoms with Gasteiger partial charge in [0.25, 0.3) is 5.91 Å². The molecule has 0 spiro atoms. The molecule has 150 valence electrons. The molecule has 2 heterocycles. The van der Waals surface area contributed by atoms with Crippen LogP contribution >= 0.6 is 23.1 Å². The Bertz CT molecular complexity index is 913. The molecule has 0 saturated carbocycles. The molecule has 0 bridgehead atoms. The topological polar surface area (TPSA) is 51.7 Å². The first-order chi connectivity index (χ1) is 14.2. The van der Waals surface area contributed by atoms with Crippen LogP contribution in [0.2, 0.25) is 0 Å². The number of methoxy groups -OCH3 is 2. The first kappa shape index (κ1) is 19.8. The lowest BCUT2D eigenvalue weighted by Gasteiger charge is -2.25. The monoisotopic (exact) mass is 426 g/mol. The van der Waals surface area contributed by atoms with E-state index in [1.165, 1.54) is 11.3 Å². The quantitative estimate of drug-likeness (QED) is 0.593. The van der Waals surface area contributed by atoms with E-state index in [2.05, 4.69) is 0 Å². The molecule has 1 aliphatic heterocycles. The van der Waals surface area contributed by atoms with E-state index >= 15 is 0 Å². The number of amides is 1. The predicted octanol–water partition coefficient (Wildman–Crippen LogP) is 4.68. The minimum atomic E-state index is 0.0184. The number of thiazole rings is 1. The van der Waals surface area contributed by atoms with Crippen molar-refractivity contribution in [1.82, 2.24) is 9.88 Å². The molecular weight excluding hydrogens is 404 g/mol. The van der Waals surface area contributed by atoms with Crippen molar-refractivity contribution in [3.8, 4) is 33.2 Å². The third-order valence-corrected chi connectivity index (χ3v) is 6.86. The van der Waals surface area contributed by atoms with Crippen molar-refractivity contribution < 1.29 is 14.3 Å². The average Bonchev–Trinajstić information content (AvgIpc) is 3.24. The Balaban J connectivity index is 1.75. The number of rotatable bonds is 5. The van der Waals surface area contributed by atoms with Gasteiger partial charge in [0.15, 0.2) is 5.01 Å². The second kappa shape index (κ2) is 8.88. The normalized spacial score (nSPS) is 13.9. The summed E-state index contributed by atoms with van der Waals surface area (Å²) in [5, 5.41) is 0.536. The fourth-order valence-corrected chi connectivity index (χ4v) is 5.16.